The zero-order valence-electron chi connectivity index (χ0n) is 11.9. The van der Waals surface area contributed by atoms with Crippen molar-refractivity contribution in [3.63, 3.8) is 0 Å². The molecule has 102 valence electrons. The first-order chi connectivity index (χ1) is 9.29. The van der Waals surface area contributed by atoms with Crippen LogP contribution in [0.15, 0.2) is 47.4 Å². The Labute approximate surface area is 120 Å². The summed E-state index contributed by atoms with van der Waals surface area (Å²) in [5, 5.41) is 6.20. The van der Waals surface area contributed by atoms with Crippen molar-refractivity contribution in [3.05, 3.63) is 42.5 Å². The SMILES string of the molecule is CCCNC(C)CCSc1ccc2ccccc2c1. The summed E-state index contributed by atoms with van der Waals surface area (Å²) in [6.45, 7) is 5.61. The fourth-order valence-electron chi connectivity index (χ4n) is 2.10. The Kier molecular flexibility index (Phi) is 5.74. The zero-order chi connectivity index (χ0) is 13.5. The van der Waals surface area contributed by atoms with Gasteiger partial charge in [0.2, 0.25) is 0 Å². The first-order valence-corrected chi connectivity index (χ1v) is 8.13. The third kappa shape index (κ3) is 4.55. The Balaban J connectivity index is 1.84. The smallest absolute Gasteiger partial charge is 0.00783 e. The van der Waals surface area contributed by atoms with E-state index < -0.39 is 0 Å². The molecule has 0 spiro atoms. The molecule has 0 aliphatic rings. The fourth-order valence-corrected chi connectivity index (χ4v) is 3.19. The van der Waals surface area contributed by atoms with E-state index in [1.54, 1.807) is 0 Å². The molecule has 1 unspecified atom stereocenters. The predicted octanol–water partition coefficient (Wildman–Crippen LogP) is 4.71. The van der Waals surface area contributed by atoms with Crippen LogP contribution in [0.5, 0.6) is 0 Å². The molecule has 2 rings (SSSR count). The van der Waals surface area contributed by atoms with E-state index in [2.05, 4.69) is 61.6 Å². The van der Waals surface area contributed by atoms with E-state index in [9.17, 15) is 0 Å². The summed E-state index contributed by atoms with van der Waals surface area (Å²) >= 11 is 1.96. The Bertz CT molecular complexity index is 509. The van der Waals surface area contributed by atoms with E-state index in [1.807, 2.05) is 11.8 Å². The number of nitrogens with one attached hydrogen (secondary N) is 1. The molecule has 2 heteroatoms. The van der Waals surface area contributed by atoms with Gasteiger partial charge in [0.05, 0.1) is 0 Å². The molecule has 0 radical (unpaired) electrons. The summed E-state index contributed by atoms with van der Waals surface area (Å²) < 4.78 is 0. The standard InChI is InChI=1S/C17H23NS/c1-3-11-18-14(2)10-12-19-17-9-8-15-6-4-5-7-16(15)13-17/h4-9,13-14,18H,3,10-12H2,1-2H3. The lowest BCUT2D eigenvalue weighted by molar-refractivity contribution is 0.536. The summed E-state index contributed by atoms with van der Waals surface area (Å²) in [4.78, 5) is 1.38. The van der Waals surface area contributed by atoms with Crippen molar-refractivity contribution in [1.82, 2.24) is 5.32 Å². The molecule has 2 aromatic carbocycles. The highest BCUT2D eigenvalue weighted by atomic mass is 32.2. The number of fused-ring (bicyclic) bond motifs is 1. The summed E-state index contributed by atoms with van der Waals surface area (Å²) in [5.41, 5.74) is 0. The third-order valence-corrected chi connectivity index (χ3v) is 4.31. The van der Waals surface area contributed by atoms with E-state index in [4.69, 9.17) is 0 Å². The van der Waals surface area contributed by atoms with Crippen LogP contribution in [0.25, 0.3) is 10.8 Å². The lowest BCUT2D eigenvalue weighted by atomic mass is 10.1. The van der Waals surface area contributed by atoms with Gasteiger partial charge < -0.3 is 5.32 Å². The Morgan fingerprint density at radius 3 is 2.68 bits per heavy atom. The number of thioether (sulfide) groups is 1. The monoisotopic (exact) mass is 273 g/mol. The summed E-state index contributed by atoms with van der Waals surface area (Å²) in [6.07, 6.45) is 2.43. The van der Waals surface area contributed by atoms with E-state index in [-0.39, 0.29) is 0 Å². The van der Waals surface area contributed by atoms with Crippen molar-refractivity contribution >= 4 is 22.5 Å². The number of hydrogen-bond acceptors (Lipinski definition) is 2. The second kappa shape index (κ2) is 7.56. The second-order valence-corrected chi connectivity index (χ2v) is 6.17. The van der Waals surface area contributed by atoms with Crippen LogP contribution in [-0.2, 0) is 0 Å². The van der Waals surface area contributed by atoms with Crippen LogP contribution >= 0.6 is 11.8 Å². The van der Waals surface area contributed by atoms with Gasteiger partial charge in [0.15, 0.2) is 0 Å². The van der Waals surface area contributed by atoms with Crippen molar-refractivity contribution in [2.75, 3.05) is 12.3 Å². The Hall–Kier alpha value is -0.990. The van der Waals surface area contributed by atoms with Crippen molar-refractivity contribution in [3.8, 4) is 0 Å². The minimum Gasteiger partial charge on any atom is -0.314 e. The van der Waals surface area contributed by atoms with Crippen LogP contribution in [-0.4, -0.2) is 18.3 Å². The van der Waals surface area contributed by atoms with E-state index in [0.29, 0.717) is 6.04 Å². The molecule has 0 fully saturated rings. The second-order valence-electron chi connectivity index (χ2n) is 5.00. The molecular formula is C17H23NS. The molecule has 0 saturated carbocycles. The van der Waals surface area contributed by atoms with E-state index in [1.165, 1.54) is 34.3 Å². The summed E-state index contributed by atoms with van der Waals surface area (Å²) in [6, 6.07) is 15.9. The highest BCUT2D eigenvalue weighted by Crippen LogP contribution is 2.24. The minimum absolute atomic E-state index is 0.618. The van der Waals surface area contributed by atoms with Gasteiger partial charge in [-0.25, -0.2) is 0 Å². The molecule has 19 heavy (non-hydrogen) atoms. The van der Waals surface area contributed by atoms with Crippen LogP contribution in [0.2, 0.25) is 0 Å². The number of hydrogen-bond donors (Lipinski definition) is 1. The molecule has 2 aromatic rings. The van der Waals surface area contributed by atoms with Crippen LogP contribution in [0.3, 0.4) is 0 Å². The van der Waals surface area contributed by atoms with Gasteiger partial charge in [0, 0.05) is 10.9 Å². The molecule has 0 aromatic heterocycles. The number of benzene rings is 2. The van der Waals surface area contributed by atoms with Gasteiger partial charge >= 0.3 is 0 Å². The van der Waals surface area contributed by atoms with Crippen molar-refractivity contribution < 1.29 is 0 Å². The molecule has 0 aliphatic heterocycles. The van der Waals surface area contributed by atoms with Crippen molar-refractivity contribution in [1.29, 1.82) is 0 Å². The van der Waals surface area contributed by atoms with Gasteiger partial charge in [-0.1, -0.05) is 37.3 Å². The van der Waals surface area contributed by atoms with Gasteiger partial charge in [-0.15, -0.1) is 11.8 Å². The average Bonchev–Trinajstić information content (AvgIpc) is 2.45. The quantitative estimate of drug-likeness (QED) is 0.733. The predicted molar refractivity (Wildman–Crippen MR) is 87.0 cm³/mol. The first kappa shape index (κ1) is 14.4. The molecule has 0 aliphatic carbocycles. The van der Waals surface area contributed by atoms with Crippen LogP contribution in [0, 0.1) is 0 Å². The van der Waals surface area contributed by atoms with E-state index in [0.717, 1.165) is 6.54 Å². The zero-order valence-corrected chi connectivity index (χ0v) is 12.7. The average molecular weight is 273 g/mol. The molecule has 1 N–H and O–H groups in total. The molecule has 0 bridgehead atoms. The number of rotatable bonds is 7. The van der Waals surface area contributed by atoms with Gasteiger partial charge in [0.25, 0.3) is 0 Å². The lowest BCUT2D eigenvalue weighted by Gasteiger charge is -2.12. The third-order valence-electron chi connectivity index (χ3n) is 3.28. The van der Waals surface area contributed by atoms with Gasteiger partial charge in [-0.05, 0) is 55.0 Å². The Morgan fingerprint density at radius 1 is 1.11 bits per heavy atom. The van der Waals surface area contributed by atoms with E-state index >= 15 is 0 Å². The maximum Gasteiger partial charge on any atom is 0.00783 e. The highest BCUT2D eigenvalue weighted by Gasteiger charge is 2.01. The normalized spacial score (nSPS) is 12.7. The molecule has 0 amide bonds. The topological polar surface area (TPSA) is 12.0 Å². The van der Waals surface area contributed by atoms with Crippen molar-refractivity contribution in [2.24, 2.45) is 0 Å². The molecule has 0 saturated heterocycles. The summed E-state index contributed by atoms with van der Waals surface area (Å²) in [7, 11) is 0. The lowest BCUT2D eigenvalue weighted by Crippen LogP contribution is -2.27. The largest absolute Gasteiger partial charge is 0.314 e. The highest BCUT2D eigenvalue weighted by molar-refractivity contribution is 7.99. The molecule has 1 nitrogen and oxygen atoms in total. The minimum atomic E-state index is 0.618. The van der Waals surface area contributed by atoms with Gasteiger partial charge in [0.1, 0.15) is 0 Å². The van der Waals surface area contributed by atoms with Gasteiger partial charge in [-0.2, -0.15) is 0 Å². The van der Waals surface area contributed by atoms with Gasteiger partial charge in [-0.3, -0.25) is 0 Å². The van der Waals surface area contributed by atoms with Crippen molar-refractivity contribution in [2.45, 2.75) is 37.6 Å². The molecular weight excluding hydrogens is 250 g/mol. The summed E-state index contributed by atoms with van der Waals surface area (Å²) in [5.74, 6) is 1.18. The van der Waals surface area contributed by atoms with Crippen LogP contribution in [0.1, 0.15) is 26.7 Å². The Morgan fingerprint density at radius 2 is 1.89 bits per heavy atom. The molecule has 0 heterocycles. The maximum atomic E-state index is 3.53. The van der Waals surface area contributed by atoms with Crippen LogP contribution < -0.4 is 5.32 Å². The molecule has 1 atom stereocenters. The van der Waals surface area contributed by atoms with Crippen LogP contribution in [0.4, 0.5) is 0 Å². The maximum absolute atomic E-state index is 3.53. The first-order valence-electron chi connectivity index (χ1n) is 7.14. The fraction of sp³-hybridized carbons (Fsp3) is 0.412.